The van der Waals surface area contributed by atoms with Gasteiger partial charge >= 0.3 is 43.7 Å². The zero-order valence-electron chi connectivity index (χ0n) is 5.22. The molecule has 0 aliphatic heterocycles. The first kappa shape index (κ1) is 10.1. The van der Waals surface area contributed by atoms with Gasteiger partial charge in [0.1, 0.15) is 0 Å². The van der Waals surface area contributed by atoms with Gasteiger partial charge in [-0.05, 0) is 0 Å². The molecule has 0 spiro atoms. The average molecular weight is 134 g/mol. The van der Waals surface area contributed by atoms with Gasteiger partial charge in [0.2, 0.25) is 0 Å². The minimum atomic E-state index is -0.881. The molecule has 0 saturated heterocycles. The molecule has 0 rings (SSSR count). The van der Waals surface area contributed by atoms with Crippen LogP contribution in [-0.4, -0.2) is 54.6 Å². The van der Waals surface area contributed by atoms with Gasteiger partial charge in [0.25, 0.3) is 0 Å². The van der Waals surface area contributed by atoms with Crippen molar-refractivity contribution < 1.29 is 12.8 Å². The van der Waals surface area contributed by atoms with E-state index in [1.54, 1.807) is 0 Å². The number of rotatable bonds is 1. The van der Waals surface area contributed by atoms with Gasteiger partial charge in [-0.2, -0.15) is 12.6 Å². The van der Waals surface area contributed by atoms with E-state index in [4.69, 9.17) is 5.11 Å². The van der Waals surface area contributed by atoms with Crippen molar-refractivity contribution in [1.29, 1.82) is 0 Å². The quantitative estimate of drug-likeness (QED) is 0.386. The Kier molecular flexibility index (Phi) is 10.3. The predicted molar refractivity (Wildman–Crippen MR) is 29.5 cm³/mol. The summed E-state index contributed by atoms with van der Waals surface area (Å²) in [4.78, 5) is 9.29. The zero-order valence-corrected chi connectivity index (χ0v) is 6.32. The SMILES string of the molecule is O=C(O)CS.[Ca+2].[H-].[H-]. The standard InChI is InChI=1S/C2H4O2S.Ca.2H/c3-2(4)1-5;;;/h5H,1H2,(H,3,4);;;/q;+2;2*-1. The molecule has 0 unspecified atom stereocenters. The van der Waals surface area contributed by atoms with Crippen LogP contribution in [0.2, 0.25) is 0 Å². The number of hydrogen-bond donors (Lipinski definition) is 2. The summed E-state index contributed by atoms with van der Waals surface area (Å²) in [6.07, 6.45) is 0. The molecule has 2 nitrogen and oxygen atoms in total. The van der Waals surface area contributed by atoms with Crippen molar-refractivity contribution in [1.82, 2.24) is 0 Å². The first-order valence-electron chi connectivity index (χ1n) is 1.10. The van der Waals surface area contributed by atoms with Crippen molar-refractivity contribution in [3.05, 3.63) is 0 Å². The van der Waals surface area contributed by atoms with Crippen LogP contribution in [0.3, 0.4) is 0 Å². The van der Waals surface area contributed by atoms with E-state index in [-0.39, 0.29) is 46.3 Å². The molecule has 6 heavy (non-hydrogen) atoms. The fraction of sp³-hybridized carbons (Fsp3) is 0.500. The van der Waals surface area contributed by atoms with Crippen LogP contribution in [0.15, 0.2) is 0 Å². The van der Waals surface area contributed by atoms with Crippen molar-refractivity contribution >= 4 is 56.3 Å². The van der Waals surface area contributed by atoms with Crippen LogP contribution >= 0.6 is 12.6 Å². The van der Waals surface area contributed by atoms with Gasteiger partial charge < -0.3 is 7.96 Å². The Morgan fingerprint density at radius 1 is 2.00 bits per heavy atom. The monoisotopic (exact) mass is 134 g/mol. The second-order valence-electron chi connectivity index (χ2n) is 0.552. The Balaban J connectivity index is -0.0000000267. The van der Waals surface area contributed by atoms with Gasteiger partial charge in [0, 0.05) is 0 Å². The van der Waals surface area contributed by atoms with E-state index in [1.807, 2.05) is 0 Å². The summed E-state index contributed by atoms with van der Waals surface area (Å²) >= 11 is 3.42. The summed E-state index contributed by atoms with van der Waals surface area (Å²) in [5, 5.41) is 7.65. The summed E-state index contributed by atoms with van der Waals surface area (Å²) in [5.41, 5.74) is 0. The molecule has 0 fully saturated rings. The molecule has 0 radical (unpaired) electrons. The smallest absolute Gasteiger partial charge is 1.00 e. The van der Waals surface area contributed by atoms with Crippen LogP contribution < -0.4 is 0 Å². The predicted octanol–water partition coefficient (Wildman–Crippen LogP) is -0.155. The molecule has 0 heterocycles. The maximum absolute atomic E-state index is 9.29. The third-order valence-corrected chi connectivity index (χ3v) is 0.406. The topological polar surface area (TPSA) is 37.3 Å². The third-order valence-electron chi connectivity index (χ3n) is 0.135. The maximum Gasteiger partial charge on any atom is 2.00 e. The molecule has 0 saturated carbocycles. The molecule has 0 aromatic carbocycles. The molecule has 1 N–H and O–H groups in total. The number of hydrogen-bond acceptors (Lipinski definition) is 2. The Bertz CT molecular complexity index is 53.3. The number of carbonyl (C=O) groups is 1. The zero-order chi connectivity index (χ0) is 4.28. The Morgan fingerprint density at radius 2 is 2.17 bits per heavy atom. The minimum Gasteiger partial charge on any atom is -1.00 e. The molecular formula is C2H6CaO2S. The molecule has 0 amide bonds. The normalized spacial score (nSPS) is 6.17. The van der Waals surface area contributed by atoms with Crippen molar-refractivity contribution in [2.24, 2.45) is 0 Å². The second-order valence-corrected chi connectivity index (χ2v) is 0.868. The van der Waals surface area contributed by atoms with Crippen LogP contribution in [0.5, 0.6) is 0 Å². The van der Waals surface area contributed by atoms with Crippen LogP contribution in [0, 0.1) is 0 Å². The molecular weight excluding hydrogens is 128 g/mol. The van der Waals surface area contributed by atoms with Gasteiger partial charge in [-0.1, -0.05) is 0 Å². The van der Waals surface area contributed by atoms with Gasteiger partial charge in [-0.15, -0.1) is 0 Å². The van der Waals surface area contributed by atoms with Crippen LogP contribution in [0.1, 0.15) is 2.85 Å². The Morgan fingerprint density at radius 3 is 2.17 bits per heavy atom. The molecule has 0 bridgehead atoms. The van der Waals surface area contributed by atoms with Gasteiger partial charge in [0.05, 0.1) is 5.75 Å². The van der Waals surface area contributed by atoms with E-state index >= 15 is 0 Å². The molecule has 4 heteroatoms. The van der Waals surface area contributed by atoms with E-state index in [2.05, 4.69) is 12.6 Å². The van der Waals surface area contributed by atoms with Gasteiger partial charge in [-0.25, -0.2) is 0 Å². The third kappa shape index (κ3) is 8.91. The van der Waals surface area contributed by atoms with Crippen LogP contribution in [-0.2, 0) is 4.79 Å². The summed E-state index contributed by atoms with van der Waals surface area (Å²) in [6.45, 7) is 0. The Labute approximate surface area is 74.3 Å². The molecule has 0 aromatic heterocycles. The summed E-state index contributed by atoms with van der Waals surface area (Å²) in [6, 6.07) is 0. The molecule has 0 atom stereocenters. The maximum atomic E-state index is 9.29. The van der Waals surface area contributed by atoms with Gasteiger partial charge in [-0.3, -0.25) is 4.79 Å². The fourth-order valence-corrected chi connectivity index (χ4v) is 0. The minimum absolute atomic E-state index is 0. The first-order valence-corrected chi connectivity index (χ1v) is 1.73. The van der Waals surface area contributed by atoms with E-state index in [0.29, 0.717) is 0 Å². The Hall–Kier alpha value is 1.08. The van der Waals surface area contributed by atoms with E-state index in [1.165, 1.54) is 0 Å². The largest absolute Gasteiger partial charge is 2.00 e. The van der Waals surface area contributed by atoms with Gasteiger partial charge in [0.15, 0.2) is 0 Å². The second kappa shape index (κ2) is 6.08. The van der Waals surface area contributed by atoms with E-state index in [9.17, 15) is 4.79 Å². The van der Waals surface area contributed by atoms with Crippen molar-refractivity contribution in [2.75, 3.05) is 5.75 Å². The molecule has 0 aliphatic rings. The average Bonchev–Trinajstić information content (AvgIpc) is 1.38. The molecule has 34 valence electrons. The fourth-order valence-electron chi connectivity index (χ4n) is 0. The summed E-state index contributed by atoms with van der Waals surface area (Å²) in [7, 11) is 0. The number of thiol groups is 1. The first-order chi connectivity index (χ1) is 2.27. The van der Waals surface area contributed by atoms with Crippen molar-refractivity contribution in [3.8, 4) is 0 Å². The molecule has 0 aromatic rings. The van der Waals surface area contributed by atoms with Crippen molar-refractivity contribution in [2.45, 2.75) is 0 Å². The van der Waals surface area contributed by atoms with E-state index < -0.39 is 5.97 Å². The van der Waals surface area contributed by atoms with Crippen molar-refractivity contribution in [3.63, 3.8) is 0 Å². The summed E-state index contributed by atoms with van der Waals surface area (Å²) in [5.74, 6) is -0.965. The van der Waals surface area contributed by atoms with Crippen LogP contribution in [0.4, 0.5) is 0 Å². The van der Waals surface area contributed by atoms with Crippen LogP contribution in [0.25, 0.3) is 0 Å². The number of carboxylic acid groups (broad SMARTS) is 1. The van der Waals surface area contributed by atoms with E-state index in [0.717, 1.165) is 0 Å². The molecule has 0 aliphatic carbocycles. The number of aliphatic carboxylic acids is 1. The summed E-state index contributed by atoms with van der Waals surface area (Å²) < 4.78 is 0. The number of carboxylic acids is 1.